The number of nitriles is 1. The Morgan fingerprint density at radius 1 is 1.33 bits per heavy atom. The molecule has 1 atom stereocenters. The Morgan fingerprint density at radius 3 is 2.93 bits per heavy atom. The molecule has 4 rings (SSSR count). The summed E-state index contributed by atoms with van der Waals surface area (Å²) in [5.41, 5.74) is 2.76. The Hall–Kier alpha value is -3.50. The monoisotopic (exact) mass is 374 g/mol. The largest absolute Gasteiger partial charge is 0.343 e. The third-order valence-electron chi connectivity index (χ3n) is 4.46. The van der Waals surface area contributed by atoms with Crippen LogP contribution < -0.4 is 10.2 Å². The minimum atomic E-state index is -0.307. The Balaban J connectivity index is 1.60. The van der Waals surface area contributed by atoms with Gasteiger partial charge in [-0.25, -0.2) is 4.98 Å². The predicted octanol–water partition coefficient (Wildman–Crippen LogP) is 3.17. The van der Waals surface area contributed by atoms with Crippen LogP contribution in [0.1, 0.15) is 27.0 Å². The van der Waals surface area contributed by atoms with Crippen molar-refractivity contribution in [3.05, 3.63) is 71.3 Å². The Labute approximate surface area is 159 Å². The first-order valence-corrected chi connectivity index (χ1v) is 9.07. The van der Waals surface area contributed by atoms with Gasteiger partial charge in [0.1, 0.15) is 6.07 Å². The van der Waals surface area contributed by atoms with Crippen molar-refractivity contribution in [2.24, 2.45) is 0 Å². The van der Waals surface area contributed by atoms with Crippen molar-refractivity contribution in [1.82, 2.24) is 10.3 Å². The molecule has 132 valence electrons. The molecule has 0 aliphatic carbocycles. The van der Waals surface area contributed by atoms with Crippen LogP contribution in [-0.2, 0) is 4.79 Å². The lowest BCUT2D eigenvalue weighted by atomic mass is 10.1. The van der Waals surface area contributed by atoms with Gasteiger partial charge in [0.2, 0.25) is 5.91 Å². The van der Waals surface area contributed by atoms with E-state index in [-0.39, 0.29) is 17.9 Å². The number of nitrogens with zero attached hydrogens (tertiary/aromatic N) is 3. The maximum atomic E-state index is 12.8. The summed E-state index contributed by atoms with van der Waals surface area (Å²) in [6.07, 6.45) is 1.27. The molecular weight excluding hydrogens is 360 g/mol. The number of aromatic nitrogens is 1. The number of benzene rings is 2. The minimum Gasteiger partial charge on any atom is -0.343 e. The van der Waals surface area contributed by atoms with Crippen LogP contribution in [0.3, 0.4) is 0 Å². The van der Waals surface area contributed by atoms with Gasteiger partial charge in [0, 0.05) is 11.3 Å². The van der Waals surface area contributed by atoms with Crippen molar-refractivity contribution >= 4 is 39.1 Å². The molecular formula is C20H14N4O2S. The summed E-state index contributed by atoms with van der Waals surface area (Å²) >= 11 is 1.29. The van der Waals surface area contributed by atoms with Crippen LogP contribution in [-0.4, -0.2) is 23.3 Å². The van der Waals surface area contributed by atoms with E-state index in [0.717, 1.165) is 16.0 Å². The lowest BCUT2D eigenvalue weighted by molar-refractivity contribution is -0.114. The number of carbonyl (C=O) groups is 2. The lowest BCUT2D eigenvalue weighted by Gasteiger charge is -2.16. The molecule has 1 N–H and O–H groups in total. The van der Waals surface area contributed by atoms with Crippen LogP contribution in [0.4, 0.5) is 5.69 Å². The third kappa shape index (κ3) is 2.96. The molecule has 1 aromatic heterocycles. The van der Waals surface area contributed by atoms with Crippen molar-refractivity contribution in [2.75, 3.05) is 11.4 Å². The molecule has 0 bridgehead atoms. The minimum absolute atomic E-state index is 0.202. The van der Waals surface area contributed by atoms with Gasteiger partial charge >= 0.3 is 0 Å². The standard InChI is InChI=1S/C20H14N4O2S/c1-2-19(25)24-11-15(13-5-3-4-6-16(13)24)23-20(26)12-7-8-17-14(9-12)22-18(10-21)27-17/h2-9,15H,1,11H2,(H,23,26). The predicted molar refractivity (Wildman–Crippen MR) is 104 cm³/mol. The van der Waals surface area contributed by atoms with E-state index in [1.807, 2.05) is 30.3 Å². The molecule has 3 aromatic rings. The van der Waals surface area contributed by atoms with Gasteiger partial charge in [-0.1, -0.05) is 24.8 Å². The number of thiazole rings is 1. The molecule has 0 radical (unpaired) electrons. The van der Waals surface area contributed by atoms with Crippen molar-refractivity contribution in [3.63, 3.8) is 0 Å². The van der Waals surface area contributed by atoms with E-state index in [9.17, 15) is 9.59 Å². The maximum Gasteiger partial charge on any atom is 0.251 e. The van der Waals surface area contributed by atoms with Crippen molar-refractivity contribution in [3.8, 4) is 6.07 Å². The summed E-state index contributed by atoms with van der Waals surface area (Å²) < 4.78 is 0.858. The second-order valence-corrected chi connectivity index (χ2v) is 7.08. The Bertz CT molecular complexity index is 1130. The number of para-hydroxylation sites is 1. The van der Waals surface area contributed by atoms with Gasteiger partial charge in [-0.05, 0) is 35.9 Å². The highest BCUT2D eigenvalue weighted by atomic mass is 32.1. The molecule has 1 aliphatic heterocycles. The molecule has 2 amide bonds. The zero-order valence-corrected chi connectivity index (χ0v) is 15.0. The van der Waals surface area contributed by atoms with Crippen LogP contribution in [0.15, 0.2) is 55.1 Å². The van der Waals surface area contributed by atoms with E-state index < -0.39 is 0 Å². The first kappa shape index (κ1) is 16.9. The van der Waals surface area contributed by atoms with E-state index >= 15 is 0 Å². The molecule has 27 heavy (non-hydrogen) atoms. The molecule has 0 fully saturated rings. The number of rotatable bonds is 3. The van der Waals surface area contributed by atoms with Gasteiger partial charge in [0.15, 0.2) is 5.01 Å². The van der Waals surface area contributed by atoms with E-state index in [0.29, 0.717) is 22.6 Å². The summed E-state index contributed by atoms with van der Waals surface area (Å²) in [5, 5.41) is 12.3. The van der Waals surface area contributed by atoms with Gasteiger partial charge in [-0.15, -0.1) is 11.3 Å². The molecule has 2 aromatic carbocycles. The zero-order chi connectivity index (χ0) is 19.0. The number of hydrogen-bond acceptors (Lipinski definition) is 5. The third-order valence-corrected chi connectivity index (χ3v) is 5.40. The van der Waals surface area contributed by atoms with E-state index in [2.05, 4.69) is 16.9 Å². The van der Waals surface area contributed by atoms with Crippen molar-refractivity contribution < 1.29 is 9.59 Å². The molecule has 0 spiro atoms. The normalized spacial score (nSPS) is 15.2. The molecule has 1 aliphatic rings. The van der Waals surface area contributed by atoms with Crippen LogP contribution in [0.5, 0.6) is 0 Å². The highest BCUT2D eigenvalue weighted by Crippen LogP contribution is 2.35. The molecule has 1 unspecified atom stereocenters. The van der Waals surface area contributed by atoms with Crippen molar-refractivity contribution in [2.45, 2.75) is 6.04 Å². The fourth-order valence-electron chi connectivity index (χ4n) is 3.21. The molecule has 0 saturated carbocycles. The molecule has 7 heteroatoms. The van der Waals surface area contributed by atoms with Crippen LogP contribution >= 0.6 is 11.3 Å². The number of anilines is 1. The van der Waals surface area contributed by atoms with E-state index in [4.69, 9.17) is 5.26 Å². The van der Waals surface area contributed by atoms with Crippen LogP contribution in [0.2, 0.25) is 0 Å². The number of fused-ring (bicyclic) bond motifs is 2. The topological polar surface area (TPSA) is 86.1 Å². The lowest BCUT2D eigenvalue weighted by Crippen LogP contribution is -2.34. The number of amides is 2. The SMILES string of the molecule is C=CC(=O)N1CC(NC(=O)c2ccc3sc(C#N)nc3c2)c2ccccc21. The smallest absolute Gasteiger partial charge is 0.251 e. The van der Waals surface area contributed by atoms with Gasteiger partial charge < -0.3 is 10.2 Å². The van der Waals surface area contributed by atoms with Gasteiger partial charge in [-0.2, -0.15) is 5.26 Å². The molecule has 0 saturated heterocycles. The van der Waals surface area contributed by atoms with E-state index in [1.54, 1.807) is 23.1 Å². The Kier molecular flexibility index (Phi) is 4.18. The second-order valence-electron chi connectivity index (χ2n) is 6.05. The summed E-state index contributed by atoms with van der Waals surface area (Å²) in [7, 11) is 0. The number of nitrogens with one attached hydrogen (secondary N) is 1. The zero-order valence-electron chi connectivity index (χ0n) is 14.2. The number of carbonyl (C=O) groups excluding carboxylic acids is 2. The van der Waals surface area contributed by atoms with E-state index in [1.165, 1.54) is 17.4 Å². The summed E-state index contributed by atoms with van der Waals surface area (Å²) in [4.78, 5) is 30.7. The number of hydrogen-bond donors (Lipinski definition) is 1. The first-order chi connectivity index (χ1) is 13.1. The van der Waals surface area contributed by atoms with Gasteiger partial charge in [0.25, 0.3) is 5.91 Å². The van der Waals surface area contributed by atoms with Gasteiger partial charge in [0.05, 0.1) is 22.8 Å². The fraction of sp³-hybridized carbons (Fsp3) is 0.100. The highest BCUT2D eigenvalue weighted by Gasteiger charge is 2.32. The van der Waals surface area contributed by atoms with Gasteiger partial charge in [-0.3, -0.25) is 9.59 Å². The van der Waals surface area contributed by atoms with Crippen LogP contribution in [0.25, 0.3) is 10.2 Å². The highest BCUT2D eigenvalue weighted by molar-refractivity contribution is 7.19. The molecule has 6 nitrogen and oxygen atoms in total. The maximum absolute atomic E-state index is 12.8. The average Bonchev–Trinajstić information content (AvgIpc) is 3.28. The Morgan fingerprint density at radius 2 is 2.15 bits per heavy atom. The quantitative estimate of drug-likeness (QED) is 0.714. The first-order valence-electron chi connectivity index (χ1n) is 8.25. The molecule has 2 heterocycles. The summed E-state index contributed by atoms with van der Waals surface area (Å²) in [5.74, 6) is -0.455. The van der Waals surface area contributed by atoms with Crippen LogP contribution in [0, 0.1) is 11.3 Å². The average molecular weight is 374 g/mol. The summed E-state index contributed by atoms with van der Waals surface area (Å²) in [6, 6.07) is 14.4. The fourth-order valence-corrected chi connectivity index (χ4v) is 3.95. The van der Waals surface area contributed by atoms with Crippen molar-refractivity contribution in [1.29, 1.82) is 5.26 Å². The summed E-state index contributed by atoms with van der Waals surface area (Å²) in [6.45, 7) is 3.90. The second kappa shape index (κ2) is 6.67.